The molecule has 0 saturated carbocycles. The minimum Gasteiger partial charge on any atom is -0.370 e. The third-order valence-corrected chi connectivity index (χ3v) is 3.97. The van der Waals surface area contributed by atoms with E-state index in [4.69, 9.17) is 0 Å². The van der Waals surface area contributed by atoms with Crippen LogP contribution in [0, 0.1) is 5.92 Å². The fraction of sp³-hybridized carbons (Fsp3) is 0.625. The van der Waals surface area contributed by atoms with Crippen LogP contribution in [0.5, 0.6) is 0 Å². The van der Waals surface area contributed by atoms with E-state index in [9.17, 15) is 4.79 Å². The number of hydrogen-bond donors (Lipinski definition) is 2. The molecule has 1 amide bonds. The largest absolute Gasteiger partial charge is 0.370 e. The molecule has 0 spiro atoms. The number of halogens is 1. The molecule has 1 heterocycles. The summed E-state index contributed by atoms with van der Waals surface area (Å²) in [5.41, 5.74) is 0.594. The van der Waals surface area contributed by atoms with Crippen LogP contribution < -0.4 is 10.6 Å². The van der Waals surface area contributed by atoms with Gasteiger partial charge < -0.3 is 10.6 Å². The van der Waals surface area contributed by atoms with Crippen LogP contribution in [-0.2, 0) is 0 Å². The zero-order valence-electron chi connectivity index (χ0n) is 13.2. The SMILES string of the molecule is CCCCC(CC)CNC(=O)c1cc(Br)cnc1NCC. The fourth-order valence-corrected chi connectivity index (χ4v) is 2.53. The molecule has 0 aromatic carbocycles. The third kappa shape index (κ3) is 6.04. The van der Waals surface area contributed by atoms with Crippen LogP contribution in [0.15, 0.2) is 16.7 Å². The number of carbonyl (C=O) groups is 1. The van der Waals surface area contributed by atoms with E-state index in [1.54, 1.807) is 6.20 Å². The zero-order valence-corrected chi connectivity index (χ0v) is 14.8. The number of rotatable bonds is 9. The average molecular weight is 356 g/mol. The van der Waals surface area contributed by atoms with Crippen molar-refractivity contribution in [1.82, 2.24) is 10.3 Å². The predicted molar refractivity (Wildman–Crippen MR) is 91.7 cm³/mol. The number of pyridine rings is 1. The van der Waals surface area contributed by atoms with Gasteiger partial charge in [0.2, 0.25) is 0 Å². The molecule has 0 aliphatic rings. The Balaban J connectivity index is 2.68. The van der Waals surface area contributed by atoms with Crippen LogP contribution in [-0.4, -0.2) is 24.0 Å². The van der Waals surface area contributed by atoms with Gasteiger partial charge in [0.15, 0.2) is 0 Å². The zero-order chi connectivity index (χ0) is 15.7. The van der Waals surface area contributed by atoms with Crippen LogP contribution in [0.4, 0.5) is 5.82 Å². The highest BCUT2D eigenvalue weighted by Gasteiger charge is 2.14. The molecule has 0 radical (unpaired) electrons. The highest BCUT2D eigenvalue weighted by Crippen LogP contribution is 2.18. The van der Waals surface area contributed by atoms with Gasteiger partial charge in [0.05, 0.1) is 5.56 Å². The minimum absolute atomic E-state index is 0.0605. The number of aromatic nitrogens is 1. The van der Waals surface area contributed by atoms with Crippen molar-refractivity contribution in [2.45, 2.75) is 46.5 Å². The van der Waals surface area contributed by atoms with Gasteiger partial charge in [-0.2, -0.15) is 0 Å². The van der Waals surface area contributed by atoms with Crippen molar-refractivity contribution in [3.8, 4) is 0 Å². The van der Waals surface area contributed by atoms with Gasteiger partial charge in [-0.15, -0.1) is 0 Å². The standard InChI is InChI=1S/C16H26BrN3O/c1-4-7-8-12(5-2)10-20-16(21)14-9-13(17)11-19-15(14)18-6-3/h9,11-12H,4-8,10H2,1-3H3,(H,18,19)(H,20,21). The molecule has 0 fully saturated rings. The van der Waals surface area contributed by atoms with Gasteiger partial charge >= 0.3 is 0 Å². The summed E-state index contributed by atoms with van der Waals surface area (Å²) in [6, 6.07) is 1.81. The van der Waals surface area contributed by atoms with Crippen LogP contribution >= 0.6 is 15.9 Å². The molecule has 0 aliphatic carbocycles. The molecule has 21 heavy (non-hydrogen) atoms. The fourth-order valence-electron chi connectivity index (χ4n) is 2.20. The Morgan fingerprint density at radius 3 is 2.76 bits per heavy atom. The lowest BCUT2D eigenvalue weighted by Gasteiger charge is -2.16. The minimum atomic E-state index is -0.0605. The van der Waals surface area contributed by atoms with Gasteiger partial charge in [0, 0.05) is 23.8 Å². The van der Waals surface area contributed by atoms with Gasteiger partial charge in [-0.25, -0.2) is 4.98 Å². The summed E-state index contributed by atoms with van der Waals surface area (Å²) in [6.07, 6.45) is 6.38. The van der Waals surface area contributed by atoms with Gasteiger partial charge in [0.25, 0.3) is 5.91 Å². The van der Waals surface area contributed by atoms with E-state index in [-0.39, 0.29) is 5.91 Å². The number of amides is 1. The van der Waals surface area contributed by atoms with Crippen LogP contribution in [0.1, 0.15) is 56.8 Å². The summed E-state index contributed by atoms with van der Waals surface area (Å²) in [6.45, 7) is 7.83. The van der Waals surface area contributed by atoms with E-state index in [0.717, 1.165) is 24.0 Å². The first-order chi connectivity index (χ1) is 10.1. The Morgan fingerprint density at radius 1 is 1.38 bits per heavy atom. The topological polar surface area (TPSA) is 54.0 Å². The summed E-state index contributed by atoms with van der Waals surface area (Å²) in [5.74, 6) is 1.13. The van der Waals surface area contributed by atoms with Crippen LogP contribution in [0.3, 0.4) is 0 Å². The van der Waals surface area contributed by atoms with Crippen molar-refractivity contribution in [2.75, 3.05) is 18.4 Å². The number of nitrogens with one attached hydrogen (secondary N) is 2. The molecule has 2 N–H and O–H groups in total. The van der Waals surface area contributed by atoms with Gasteiger partial charge in [-0.3, -0.25) is 4.79 Å². The monoisotopic (exact) mass is 355 g/mol. The van der Waals surface area contributed by atoms with Crippen molar-refractivity contribution in [1.29, 1.82) is 0 Å². The maximum Gasteiger partial charge on any atom is 0.255 e. The molecule has 1 atom stereocenters. The van der Waals surface area contributed by atoms with Gasteiger partial charge in [-0.05, 0) is 41.3 Å². The summed E-state index contributed by atoms with van der Waals surface area (Å²) in [4.78, 5) is 16.6. The molecule has 0 saturated heterocycles. The summed E-state index contributed by atoms with van der Waals surface area (Å²) >= 11 is 3.37. The average Bonchev–Trinajstić information content (AvgIpc) is 2.49. The summed E-state index contributed by atoms with van der Waals surface area (Å²) in [7, 11) is 0. The second-order valence-electron chi connectivity index (χ2n) is 5.21. The van der Waals surface area contributed by atoms with Crippen molar-refractivity contribution in [2.24, 2.45) is 5.92 Å². The number of carbonyl (C=O) groups excluding carboxylic acids is 1. The van der Waals surface area contributed by atoms with E-state index in [1.807, 2.05) is 13.0 Å². The lowest BCUT2D eigenvalue weighted by molar-refractivity contribution is 0.0946. The van der Waals surface area contributed by atoms with Crippen molar-refractivity contribution in [3.05, 3.63) is 22.3 Å². The normalized spacial score (nSPS) is 12.0. The molecular weight excluding hydrogens is 330 g/mol. The first-order valence-electron chi connectivity index (χ1n) is 7.79. The van der Waals surface area contributed by atoms with E-state index in [0.29, 0.717) is 17.3 Å². The number of anilines is 1. The third-order valence-electron chi connectivity index (χ3n) is 3.54. The highest BCUT2D eigenvalue weighted by atomic mass is 79.9. The number of unbranched alkanes of at least 4 members (excludes halogenated alkanes) is 1. The molecule has 0 bridgehead atoms. The molecule has 1 aromatic rings. The molecular formula is C16H26BrN3O. The van der Waals surface area contributed by atoms with E-state index in [2.05, 4.69) is 45.4 Å². The molecule has 1 rings (SSSR count). The summed E-state index contributed by atoms with van der Waals surface area (Å²) in [5, 5.41) is 6.17. The van der Waals surface area contributed by atoms with Crippen molar-refractivity contribution < 1.29 is 4.79 Å². The predicted octanol–water partition coefficient (Wildman–Crippen LogP) is 4.22. The van der Waals surface area contributed by atoms with E-state index in [1.165, 1.54) is 19.3 Å². The Hall–Kier alpha value is -1.10. The quantitative estimate of drug-likeness (QED) is 0.696. The first kappa shape index (κ1) is 18.0. The molecule has 1 aromatic heterocycles. The number of hydrogen-bond acceptors (Lipinski definition) is 3. The Labute approximate surface area is 136 Å². The maximum absolute atomic E-state index is 12.4. The lowest BCUT2D eigenvalue weighted by Crippen LogP contribution is -2.30. The lowest BCUT2D eigenvalue weighted by atomic mass is 9.99. The highest BCUT2D eigenvalue weighted by molar-refractivity contribution is 9.10. The van der Waals surface area contributed by atoms with Crippen LogP contribution in [0.25, 0.3) is 0 Å². The molecule has 118 valence electrons. The molecule has 1 unspecified atom stereocenters. The Bertz CT molecular complexity index is 451. The second-order valence-corrected chi connectivity index (χ2v) is 6.12. The Morgan fingerprint density at radius 2 is 2.14 bits per heavy atom. The van der Waals surface area contributed by atoms with Gasteiger partial charge in [-0.1, -0.05) is 33.1 Å². The Kier molecular flexibility index (Phi) is 8.35. The summed E-state index contributed by atoms with van der Waals surface area (Å²) < 4.78 is 0.812. The molecule has 0 aliphatic heterocycles. The number of nitrogens with zero attached hydrogens (tertiary/aromatic N) is 1. The first-order valence-corrected chi connectivity index (χ1v) is 8.59. The smallest absolute Gasteiger partial charge is 0.255 e. The second kappa shape index (κ2) is 9.77. The molecule has 5 heteroatoms. The van der Waals surface area contributed by atoms with E-state index < -0.39 is 0 Å². The van der Waals surface area contributed by atoms with Crippen LogP contribution in [0.2, 0.25) is 0 Å². The van der Waals surface area contributed by atoms with Crippen molar-refractivity contribution >= 4 is 27.7 Å². The van der Waals surface area contributed by atoms with Gasteiger partial charge in [0.1, 0.15) is 5.82 Å². The molecule has 4 nitrogen and oxygen atoms in total. The maximum atomic E-state index is 12.4. The van der Waals surface area contributed by atoms with E-state index >= 15 is 0 Å². The van der Waals surface area contributed by atoms with Crippen molar-refractivity contribution in [3.63, 3.8) is 0 Å².